The van der Waals surface area contributed by atoms with E-state index in [1.807, 2.05) is 18.3 Å². The molecule has 130 valence electrons. The zero-order valence-corrected chi connectivity index (χ0v) is 13.8. The number of hydrogen-bond acceptors (Lipinski definition) is 4. The van der Waals surface area contributed by atoms with Crippen LogP contribution in [0.15, 0.2) is 59.8 Å². The molecule has 0 saturated carbocycles. The van der Waals surface area contributed by atoms with Crippen LogP contribution in [-0.4, -0.2) is 26.5 Å². The molecular weight excluding hydrogens is 333 g/mol. The summed E-state index contributed by atoms with van der Waals surface area (Å²) < 4.78 is 13.3. The van der Waals surface area contributed by atoms with Crippen LogP contribution in [0.2, 0.25) is 0 Å². The highest BCUT2D eigenvalue weighted by Gasteiger charge is 2.06. The van der Waals surface area contributed by atoms with Gasteiger partial charge in [-0.3, -0.25) is 9.78 Å². The summed E-state index contributed by atoms with van der Waals surface area (Å²) in [5, 5.41) is 4.13. The van der Waals surface area contributed by atoms with Gasteiger partial charge in [0.2, 0.25) is 5.95 Å². The monoisotopic (exact) mass is 349 g/mol. The molecule has 0 aliphatic heterocycles. The quantitative estimate of drug-likeness (QED) is 0.517. The van der Waals surface area contributed by atoms with E-state index < -0.39 is 0 Å². The molecule has 0 amide bonds. The SMILES string of the molecule is O=c1cc(-c2ccncc2)[nH]c(NCCc2c[nH]c3cc(F)ccc23)n1. The van der Waals surface area contributed by atoms with Gasteiger partial charge < -0.3 is 15.3 Å². The fourth-order valence-electron chi connectivity index (χ4n) is 2.91. The summed E-state index contributed by atoms with van der Waals surface area (Å²) in [7, 11) is 0. The topological polar surface area (TPSA) is 86.5 Å². The zero-order chi connectivity index (χ0) is 17.9. The van der Waals surface area contributed by atoms with Gasteiger partial charge in [0.05, 0.1) is 5.69 Å². The Hall–Kier alpha value is -3.48. The Kier molecular flexibility index (Phi) is 4.18. The predicted molar refractivity (Wildman–Crippen MR) is 98.5 cm³/mol. The van der Waals surface area contributed by atoms with Crippen molar-refractivity contribution in [2.45, 2.75) is 6.42 Å². The summed E-state index contributed by atoms with van der Waals surface area (Å²) in [6.45, 7) is 0.576. The van der Waals surface area contributed by atoms with Crippen LogP contribution in [0.4, 0.5) is 10.3 Å². The Labute approximate surface area is 148 Å². The van der Waals surface area contributed by atoms with Gasteiger partial charge in [-0.25, -0.2) is 4.39 Å². The van der Waals surface area contributed by atoms with E-state index in [4.69, 9.17) is 0 Å². The molecule has 7 heteroatoms. The molecule has 3 N–H and O–H groups in total. The molecule has 4 aromatic rings. The van der Waals surface area contributed by atoms with Crippen LogP contribution in [0, 0.1) is 5.82 Å². The number of fused-ring (bicyclic) bond motifs is 1. The first-order chi connectivity index (χ1) is 12.7. The van der Waals surface area contributed by atoms with E-state index in [2.05, 4.69) is 25.3 Å². The van der Waals surface area contributed by atoms with Crippen LogP contribution >= 0.6 is 0 Å². The van der Waals surface area contributed by atoms with E-state index >= 15 is 0 Å². The van der Waals surface area contributed by atoms with Gasteiger partial charge >= 0.3 is 0 Å². The van der Waals surface area contributed by atoms with Crippen molar-refractivity contribution in [3.05, 3.63) is 76.7 Å². The van der Waals surface area contributed by atoms with E-state index in [1.54, 1.807) is 18.5 Å². The van der Waals surface area contributed by atoms with Crippen molar-refractivity contribution in [1.29, 1.82) is 0 Å². The van der Waals surface area contributed by atoms with Gasteiger partial charge in [-0.15, -0.1) is 0 Å². The van der Waals surface area contributed by atoms with Crippen LogP contribution in [0.3, 0.4) is 0 Å². The van der Waals surface area contributed by atoms with Gasteiger partial charge in [0.1, 0.15) is 5.82 Å². The summed E-state index contributed by atoms with van der Waals surface area (Å²) >= 11 is 0. The van der Waals surface area contributed by atoms with E-state index in [0.29, 0.717) is 24.6 Å². The first-order valence-electron chi connectivity index (χ1n) is 8.20. The Morgan fingerprint density at radius 1 is 1.12 bits per heavy atom. The minimum absolute atomic E-state index is 0.265. The van der Waals surface area contributed by atoms with Crippen molar-refractivity contribution in [3.63, 3.8) is 0 Å². The summed E-state index contributed by atoms with van der Waals surface area (Å²) in [5.74, 6) is 0.147. The Morgan fingerprint density at radius 3 is 2.81 bits per heavy atom. The van der Waals surface area contributed by atoms with Crippen LogP contribution < -0.4 is 10.9 Å². The van der Waals surface area contributed by atoms with Crippen molar-refractivity contribution in [2.24, 2.45) is 0 Å². The van der Waals surface area contributed by atoms with Gasteiger partial charge in [0, 0.05) is 47.7 Å². The van der Waals surface area contributed by atoms with Crippen molar-refractivity contribution >= 4 is 16.9 Å². The van der Waals surface area contributed by atoms with Crippen LogP contribution in [0.1, 0.15) is 5.56 Å². The largest absolute Gasteiger partial charge is 0.361 e. The van der Waals surface area contributed by atoms with E-state index in [1.165, 1.54) is 18.2 Å². The Morgan fingerprint density at radius 2 is 1.96 bits per heavy atom. The van der Waals surface area contributed by atoms with Gasteiger partial charge in [-0.1, -0.05) is 0 Å². The number of nitrogens with one attached hydrogen (secondary N) is 3. The molecule has 0 bridgehead atoms. The third-order valence-corrected chi connectivity index (χ3v) is 4.15. The second-order valence-electron chi connectivity index (χ2n) is 5.90. The van der Waals surface area contributed by atoms with Crippen molar-refractivity contribution in [2.75, 3.05) is 11.9 Å². The number of aromatic amines is 2. The maximum atomic E-state index is 13.3. The number of rotatable bonds is 5. The number of H-pyrrole nitrogens is 2. The third-order valence-electron chi connectivity index (χ3n) is 4.15. The van der Waals surface area contributed by atoms with Crippen molar-refractivity contribution < 1.29 is 4.39 Å². The molecule has 0 radical (unpaired) electrons. The molecule has 0 aliphatic rings. The summed E-state index contributed by atoms with van der Waals surface area (Å²) in [4.78, 5) is 26.0. The fourth-order valence-corrected chi connectivity index (χ4v) is 2.91. The van der Waals surface area contributed by atoms with Crippen molar-refractivity contribution in [3.8, 4) is 11.3 Å². The standard InChI is InChI=1S/C19H16FN5O/c20-14-1-2-15-13(11-23-17(15)9-14)5-8-22-19-24-16(10-18(26)25-19)12-3-6-21-7-4-12/h1-4,6-7,9-11,23H,5,8H2,(H2,22,24,25,26). The van der Waals surface area contributed by atoms with Crippen LogP contribution in [-0.2, 0) is 6.42 Å². The molecule has 0 unspecified atom stereocenters. The zero-order valence-electron chi connectivity index (χ0n) is 13.8. The minimum atomic E-state index is -0.319. The van der Waals surface area contributed by atoms with Crippen LogP contribution in [0.25, 0.3) is 22.2 Å². The van der Waals surface area contributed by atoms with Gasteiger partial charge in [0.15, 0.2) is 0 Å². The summed E-state index contributed by atoms with van der Waals surface area (Å²) in [6, 6.07) is 9.78. The molecule has 0 saturated heterocycles. The molecular formula is C19H16FN5O. The molecule has 6 nitrogen and oxygen atoms in total. The number of anilines is 1. The lowest BCUT2D eigenvalue weighted by molar-refractivity contribution is 0.629. The lowest BCUT2D eigenvalue weighted by atomic mass is 10.1. The number of halogens is 1. The van der Waals surface area contributed by atoms with Gasteiger partial charge in [-0.05, 0) is 42.3 Å². The number of hydrogen-bond donors (Lipinski definition) is 3. The first kappa shape index (κ1) is 16.0. The minimum Gasteiger partial charge on any atom is -0.361 e. The number of aromatic nitrogens is 4. The first-order valence-corrected chi connectivity index (χ1v) is 8.20. The summed E-state index contributed by atoms with van der Waals surface area (Å²) in [6.07, 6.45) is 5.91. The highest BCUT2D eigenvalue weighted by molar-refractivity contribution is 5.83. The molecule has 0 aliphatic carbocycles. The lowest BCUT2D eigenvalue weighted by Gasteiger charge is -2.07. The normalized spacial score (nSPS) is 11.0. The highest BCUT2D eigenvalue weighted by Crippen LogP contribution is 2.20. The maximum Gasteiger partial charge on any atom is 0.275 e. The number of pyridine rings is 1. The van der Waals surface area contributed by atoms with Gasteiger partial charge in [-0.2, -0.15) is 4.98 Å². The second kappa shape index (κ2) is 6.79. The summed E-state index contributed by atoms with van der Waals surface area (Å²) in [5.41, 5.74) is 3.06. The van der Waals surface area contributed by atoms with E-state index in [9.17, 15) is 9.18 Å². The average molecular weight is 349 g/mol. The predicted octanol–water partition coefficient (Wildman–Crippen LogP) is 3.11. The van der Waals surface area contributed by atoms with E-state index in [0.717, 1.165) is 22.0 Å². The Balaban J connectivity index is 1.49. The Bertz CT molecular complexity index is 1100. The molecule has 0 spiro atoms. The average Bonchev–Trinajstić information content (AvgIpc) is 3.04. The molecule has 26 heavy (non-hydrogen) atoms. The molecule has 4 rings (SSSR count). The molecule has 3 aromatic heterocycles. The van der Waals surface area contributed by atoms with Gasteiger partial charge in [0.25, 0.3) is 5.56 Å². The lowest BCUT2D eigenvalue weighted by Crippen LogP contribution is -2.14. The maximum absolute atomic E-state index is 13.3. The smallest absolute Gasteiger partial charge is 0.275 e. The van der Waals surface area contributed by atoms with Crippen molar-refractivity contribution in [1.82, 2.24) is 19.9 Å². The van der Waals surface area contributed by atoms with E-state index in [-0.39, 0.29) is 11.4 Å². The molecule has 3 heterocycles. The second-order valence-corrected chi connectivity index (χ2v) is 5.90. The molecule has 0 fully saturated rings. The van der Waals surface area contributed by atoms with Crippen LogP contribution in [0.5, 0.6) is 0 Å². The number of benzene rings is 1. The molecule has 1 aromatic carbocycles. The highest BCUT2D eigenvalue weighted by atomic mass is 19.1. The number of nitrogens with zero attached hydrogens (tertiary/aromatic N) is 2. The molecule has 0 atom stereocenters. The fraction of sp³-hybridized carbons (Fsp3) is 0.105. The third kappa shape index (κ3) is 3.32.